The standard InChI is InChI=1S/C27H20N6O4/c34-26(37-19-22-18-32(30-28-22)24-12-7-13-25(16-24)33(35)36)15-14-21-17-31(23-10-5-2-6-11-23)29-27(21)20-8-3-1-4-9-20/h1-18H,19H2/b15-14+. The predicted molar refractivity (Wildman–Crippen MR) is 136 cm³/mol. The lowest BCUT2D eigenvalue weighted by molar-refractivity contribution is -0.384. The molecule has 0 radical (unpaired) electrons. The number of hydrogen-bond acceptors (Lipinski definition) is 7. The van der Waals surface area contributed by atoms with E-state index in [1.807, 2.05) is 66.9 Å². The molecule has 0 saturated heterocycles. The van der Waals surface area contributed by atoms with E-state index >= 15 is 0 Å². The molecule has 182 valence electrons. The van der Waals surface area contributed by atoms with Gasteiger partial charge in [-0.05, 0) is 24.3 Å². The Hall–Kier alpha value is -5.38. The van der Waals surface area contributed by atoms with Gasteiger partial charge in [0.15, 0.2) is 0 Å². The zero-order chi connectivity index (χ0) is 25.6. The van der Waals surface area contributed by atoms with Crippen molar-refractivity contribution in [1.29, 1.82) is 0 Å². The van der Waals surface area contributed by atoms with E-state index in [2.05, 4.69) is 10.3 Å². The Bertz CT molecular complexity index is 1580. The van der Waals surface area contributed by atoms with Crippen molar-refractivity contribution in [3.63, 3.8) is 0 Å². The molecule has 37 heavy (non-hydrogen) atoms. The lowest BCUT2D eigenvalue weighted by atomic mass is 10.1. The largest absolute Gasteiger partial charge is 0.456 e. The SMILES string of the molecule is O=C(/C=C/c1cn(-c2ccccc2)nc1-c1ccccc1)OCc1cn(-c2cccc([N+](=O)[O-])c2)nn1. The quantitative estimate of drug-likeness (QED) is 0.132. The van der Waals surface area contributed by atoms with Crippen LogP contribution in [0.1, 0.15) is 11.3 Å². The second-order valence-electron chi connectivity index (χ2n) is 7.95. The van der Waals surface area contributed by atoms with Gasteiger partial charge in [-0.3, -0.25) is 10.1 Å². The fourth-order valence-corrected chi connectivity index (χ4v) is 3.63. The first-order chi connectivity index (χ1) is 18.1. The van der Waals surface area contributed by atoms with Gasteiger partial charge in [0.25, 0.3) is 5.69 Å². The van der Waals surface area contributed by atoms with Crippen LogP contribution in [0.5, 0.6) is 0 Å². The highest BCUT2D eigenvalue weighted by Gasteiger charge is 2.12. The highest BCUT2D eigenvalue weighted by atomic mass is 16.6. The van der Waals surface area contributed by atoms with E-state index < -0.39 is 10.9 Å². The Labute approximate surface area is 211 Å². The molecule has 3 aromatic carbocycles. The van der Waals surface area contributed by atoms with Crippen molar-refractivity contribution in [1.82, 2.24) is 24.8 Å². The molecule has 0 unspecified atom stereocenters. The Morgan fingerprint density at radius 2 is 1.65 bits per heavy atom. The molecule has 5 rings (SSSR count). The van der Waals surface area contributed by atoms with Crippen molar-refractivity contribution in [2.24, 2.45) is 0 Å². The number of ether oxygens (including phenoxy) is 1. The van der Waals surface area contributed by atoms with Crippen LogP contribution in [-0.4, -0.2) is 35.7 Å². The Balaban J connectivity index is 1.29. The number of non-ortho nitro benzene ring substituents is 1. The number of nitrogens with zero attached hydrogens (tertiary/aromatic N) is 6. The van der Waals surface area contributed by atoms with Gasteiger partial charge in [0.05, 0.1) is 28.2 Å². The molecule has 10 nitrogen and oxygen atoms in total. The Morgan fingerprint density at radius 1 is 0.919 bits per heavy atom. The fraction of sp³-hybridized carbons (Fsp3) is 0.0370. The summed E-state index contributed by atoms with van der Waals surface area (Å²) in [4.78, 5) is 23.0. The average Bonchev–Trinajstić information content (AvgIpc) is 3.59. The van der Waals surface area contributed by atoms with E-state index in [1.54, 1.807) is 29.1 Å². The smallest absolute Gasteiger partial charge is 0.331 e. The van der Waals surface area contributed by atoms with Crippen molar-refractivity contribution >= 4 is 17.7 Å². The lowest BCUT2D eigenvalue weighted by Gasteiger charge is -2.00. The number of rotatable bonds is 8. The van der Waals surface area contributed by atoms with E-state index in [4.69, 9.17) is 9.84 Å². The number of carbonyl (C=O) groups is 1. The third kappa shape index (κ3) is 5.49. The third-order valence-electron chi connectivity index (χ3n) is 5.42. The van der Waals surface area contributed by atoms with Crippen molar-refractivity contribution in [2.45, 2.75) is 6.61 Å². The fourth-order valence-electron chi connectivity index (χ4n) is 3.63. The highest BCUT2D eigenvalue weighted by molar-refractivity contribution is 5.88. The van der Waals surface area contributed by atoms with Gasteiger partial charge >= 0.3 is 5.97 Å². The number of para-hydroxylation sites is 1. The van der Waals surface area contributed by atoms with Gasteiger partial charge in [0, 0.05) is 35.5 Å². The molecule has 0 saturated carbocycles. The second kappa shape index (κ2) is 10.5. The summed E-state index contributed by atoms with van der Waals surface area (Å²) in [6, 6.07) is 25.4. The summed E-state index contributed by atoms with van der Waals surface area (Å²) in [5, 5.41) is 23.7. The van der Waals surface area contributed by atoms with Crippen LogP contribution in [-0.2, 0) is 16.1 Å². The first-order valence-corrected chi connectivity index (χ1v) is 11.3. The van der Waals surface area contributed by atoms with Crippen LogP contribution in [0.25, 0.3) is 28.7 Å². The van der Waals surface area contributed by atoms with Gasteiger partial charge in [-0.1, -0.05) is 59.8 Å². The molecule has 0 amide bonds. The first kappa shape index (κ1) is 23.4. The van der Waals surface area contributed by atoms with Gasteiger partial charge in [0.1, 0.15) is 12.3 Å². The van der Waals surface area contributed by atoms with Gasteiger partial charge in [-0.2, -0.15) is 5.10 Å². The van der Waals surface area contributed by atoms with E-state index in [-0.39, 0.29) is 12.3 Å². The van der Waals surface area contributed by atoms with E-state index in [0.29, 0.717) is 11.4 Å². The molecule has 10 heteroatoms. The molecule has 0 atom stereocenters. The molecule has 2 heterocycles. The van der Waals surface area contributed by atoms with Crippen LogP contribution in [0.2, 0.25) is 0 Å². The zero-order valence-electron chi connectivity index (χ0n) is 19.4. The van der Waals surface area contributed by atoms with Crippen LogP contribution in [0, 0.1) is 10.1 Å². The Morgan fingerprint density at radius 3 is 2.41 bits per heavy atom. The Kier molecular flexibility index (Phi) is 6.62. The van der Waals surface area contributed by atoms with Crippen molar-refractivity contribution in [2.75, 3.05) is 0 Å². The van der Waals surface area contributed by atoms with E-state index in [0.717, 1.165) is 22.5 Å². The summed E-state index contributed by atoms with van der Waals surface area (Å²) in [7, 11) is 0. The lowest BCUT2D eigenvalue weighted by Crippen LogP contribution is -2.01. The molecule has 0 fully saturated rings. The van der Waals surface area contributed by atoms with Crippen molar-refractivity contribution in [3.8, 4) is 22.6 Å². The number of benzene rings is 3. The topological polar surface area (TPSA) is 118 Å². The van der Waals surface area contributed by atoms with Gasteiger partial charge < -0.3 is 4.74 Å². The molecule has 0 bridgehead atoms. The first-order valence-electron chi connectivity index (χ1n) is 11.3. The minimum atomic E-state index is -0.559. The van der Waals surface area contributed by atoms with Crippen molar-refractivity contribution in [3.05, 3.63) is 125 Å². The summed E-state index contributed by atoms with van der Waals surface area (Å²) in [6.07, 6.45) is 6.40. The van der Waals surface area contributed by atoms with Crippen LogP contribution in [0.15, 0.2) is 103 Å². The normalized spacial score (nSPS) is 11.0. The molecule has 0 aliphatic carbocycles. The molecule has 2 aromatic heterocycles. The molecule has 0 N–H and O–H groups in total. The number of nitro groups is 1. The molecule has 0 aliphatic rings. The molecule has 0 spiro atoms. The van der Waals surface area contributed by atoms with E-state index in [1.165, 1.54) is 22.9 Å². The summed E-state index contributed by atoms with van der Waals surface area (Å²) < 4.78 is 8.47. The van der Waals surface area contributed by atoms with Crippen LogP contribution >= 0.6 is 0 Å². The second-order valence-corrected chi connectivity index (χ2v) is 7.95. The van der Waals surface area contributed by atoms with Crippen LogP contribution in [0.3, 0.4) is 0 Å². The van der Waals surface area contributed by atoms with Gasteiger partial charge in [0.2, 0.25) is 0 Å². The third-order valence-corrected chi connectivity index (χ3v) is 5.42. The summed E-state index contributed by atoms with van der Waals surface area (Å²) in [5.74, 6) is -0.559. The number of aromatic nitrogens is 5. The van der Waals surface area contributed by atoms with Gasteiger partial charge in [-0.15, -0.1) is 5.10 Å². The number of nitro benzene ring substituents is 1. The highest BCUT2D eigenvalue weighted by Crippen LogP contribution is 2.25. The summed E-state index contributed by atoms with van der Waals surface area (Å²) in [6.45, 7) is -0.104. The summed E-state index contributed by atoms with van der Waals surface area (Å²) in [5.41, 5.74) is 4.11. The molecular weight excluding hydrogens is 472 g/mol. The maximum absolute atomic E-state index is 12.4. The predicted octanol–water partition coefficient (Wildman–Crippen LogP) is 4.78. The molecule has 0 aliphatic heterocycles. The van der Waals surface area contributed by atoms with Crippen LogP contribution in [0.4, 0.5) is 5.69 Å². The number of carbonyl (C=O) groups excluding carboxylic acids is 1. The van der Waals surface area contributed by atoms with E-state index in [9.17, 15) is 14.9 Å². The molecular formula is C27H20N6O4. The maximum Gasteiger partial charge on any atom is 0.331 e. The number of hydrogen-bond donors (Lipinski definition) is 0. The van der Waals surface area contributed by atoms with Crippen molar-refractivity contribution < 1.29 is 14.5 Å². The van der Waals surface area contributed by atoms with Gasteiger partial charge in [-0.25, -0.2) is 14.2 Å². The average molecular weight is 492 g/mol. The minimum Gasteiger partial charge on any atom is -0.456 e. The maximum atomic E-state index is 12.4. The zero-order valence-corrected chi connectivity index (χ0v) is 19.4. The summed E-state index contributed by atoms with van der Waals surface area (Å²) >= 11 is 0. The van der Waals surface area contributed by atoms with Crippen LogP contribution < -0.4 is 0 Å². The monoisotopic (exact) mass is 492 g/mol. The number of esters is 1. The molecule has 5 aromatic rings. The minimum absolute atomic E-state index is 0.0587.